The summed E-state index contributed by atoms with van der Waals surface area (Å²) in [5.74, 6) is 0.107. The van der Waals surface area contributed by atoms with Crippen LogP contribution in [0.2, 0.25) is 0 Å². The van der Waals surface area contributed by atoms with Crippen molar-refractivity contribution in [3.8, 4) is 0 Å². The molecule has 0 aliphatic rings. The molecular formula is C19H34N3O+. The summed E-state index contributed by atoms with van der Waals surface area (Å²) >= 11 is 0. The van der Waals surface area contributed by atoms with Gasteiger partial charge in [-0.3, -0.25) is 4.79 Å². The Hall–Kier alpha value is -1.55. The van der Waals surface area contributed by atoms with Crippen molar-refractivity contribution >= 4 is 17.3 Å². The summed E-state index contributed by atoms with van der Waals surface area (Å²) < 4.78 is 0.833. The van der Waals surface area contributed by atoms with Crippen molar-refractivity contribution in [3.05, 3.63) is 23.3 Å². The Morgan fingerprint density at radius 1 is 1.00 bits per heavy atom. The lowest BCUT2D eigenvalue weighted by molar-refractivity contribution is -0.915. The number of likely N-dealkylation sites (N-methyl/N-ethyl adjacent to an activating group) is 1. The number of carbonyl (C=O) groups is 1. The van der Waals surface area contributed by atoms with E-state index in [1.807, 2.05) is 0 Å². The quantitative estimate of drug-likeness (QED) is 0.677. The van der Waals surface area contributed by atoms with Crippen molar-refractivity contribution in [3.63, 3.8) is 0 Å². The fourth-order valence-corrected chi connectivity index (χ4v) is 3.02. The van der Waals surface area contributed by atoms with E-state index in [4.69, 9.17) is 0 Å². The second-order valence-corrected chi connectivity index (χ2v) is 6.41. The van der Waals surface area contributed by atoms with Gasteiger partial charge in [0.15, 0.2) is 6.54 Å². The van der Waals surface area contributed by atoms with Gasteiger partial charge in [0.25, 0.3) is 5.91 Å². The van der Waals surface area contributed by atoms with Gasteiger partial charge in [0.2, 0.25) is 0 Å². The van der Waals surface area contributed by atoms with Gasteiger partial charge < -0.3 is 15.1 Å². The molecule has 0 unspecified atom stereocenters. The Balaban J connectivity index is 2.86. The number of quaternary nitrogens is 1. The zero-order valence-electron chi connectivity index (χ0n) is 15.8. The molecule has 0 aliphatic carbocycles. The van der Waals surface area contributed by atoms with Crippen LogP contribution in [0, 0.1) is 13.8 Å². The van der Waals surface area contributed by atoms with Crippen molar-refractivity contribution < 1.29 is 9.28 Å². The lowest BCUT2D eigenvalue weighted by Crippen LogP contribution is -2.52. The highest BCUT2D eigenvalue weighted by Gasteiger charge is 2.25. The number of nitrogens with zero attached hydrogens (tertiary/aromatic N) is 1. The molecule has 4 nitrogen and oxygen atoms in total. The highest BCUT2D eigenvalue weighted by Crippen LogP contribution is 2.25. The predicted octanol–water partition coefficient (Wildman–Crippen LogP) is 3.94. The summed E-state index contributed by atoms with van der Waals surface area (Å²) in [6.45, 7) is 17.2. The smallest absolute Gasteiger partial charge is 0.279 e. The van der Waals surface area contributed by atoms with Crippen LogP contribution in [-0.4, -0.2) is 43.1 Å². The third kappa shape index (κ3) is 5.24. The van der Waals surface area contributed by atoms with Crippen LogP contribution < -0.4 is 10.6 Å². The first kappa shape index (κ1) is 19.5. The minimum Gasteiger partial charge on any atom is -0.385 e. The Labute approximate surface area is 141 Å². The van der Waals surface area contributed by atoms with Crippen molar-refractivity contribution in [2.75, 3.05) is 43.4 Å². The van der Waals surface area contributed by atoms with Gasteiger partial charge in [-0.1, -0.05) is 6.92 Å². The number of amides is 1. The standard InChI is InChI=1S/C19H33N3O/c1-7-11-20-17-12-15(5)19(16(6)13-17)21-18(23)14-22(8-2,9-3)10-4/h12-13,20H,7-11,14H2,1-6H3/p+1. The van der Waals surface area contributed by atoms with Crippen LogP contribution in [0.4, 0.5) is 11.4 Å². The molecule has 0 atom stereocenters. The first-order chi connectivity index (χ1) is 10.9. The van der Waals surface area contributed by atoms with Crippen LogP contribution >= 0.6 is 0 Å². The van der Waals surface area contributed by atoms with Gasteiger partial charge in [-0.25, -0.2) is 0 Å². The minimum atomic E-state index is 0.107. The molecule has 0 saturated heterocycles. The first-order valence-corrected chi connectivity index (χ1v) is 8.91. The largest absolute Gasteiger partial charge is 0.385 e. The Morgan fingerprint density at radius 3 is 1.96 bits per heavy atom. The number of rotatable bonds is 9. The molecule has 0 aromatic heterocycles. The van der Waals surface area contributed by atoms with Gasteiger partial charge in [0.1, 0.15) is 0 Å². The maximum Gasteiger partial charge on any atom is 0.279 e. The van der Waals surface area contributed by atoms with Crippen LogP contribution in [0.1, 0.15) is 45.2 Å². The van der Waals surface area contributed by atoms with Crippen molar-refractivity contribution in [2.45, 2.75) is 48.0 Å². The van der Waals surface area contributed by atoms with Gasteiger partial charge >= 0.3 is 0 Å². The average Bonchev–Trinajstić information content (AvgIpc) is 2.54. The number of carbonyl (C=O) groups excluding carboxylic acids is 1. The number of benzene rings is 1. The third-order valence-corrected chi connectivity index (χ3v) is 4.87. The van der Waals surface area contributed by atoms with Crippen molar-refractivity contribution in [1.29, 1.82) is 0 Å². The predicted molar refractivity (Wildman–Crippen MR) is 100 cm³/mol. The van der Waals surface area contributed by atoms with Crippen LogP contribution in [-0.2, 0) is 4.79 Å². The third-order valence-electron chi connectivity index (χ3n) is 4.87. The molecule has 0 bridgehead atoms. The van der Waals surface area contributed by atoms with E-state index in [1.54, 1.807) is 0 Å². The molecule has 23 heavy (non-hydrogen) atoms. The van der Waals surface area contributed by atoms with Crippen molar-refractivity contribution in [1.82, 2.24) is 0 Å². The Kier molecular flexibility index (Phi) is 7.56. The lowest BCUT2D eigenvalue weighted by Gasteiger charge is -2.35. The number of aryl methyl sites for hydroxylation is 2. The molecule has 1 rings (SSSR count). The van der Waals surface area contributed by atoms with E-state index in [2.05, 4.69) is 64.3 Å². The van der Waals surface area contributed by atoms with Crippen molar-refractivity contribution in [2.24, 2.45) is 0 Å². The molecule has 130 valence electrons. The second-order valence-electron chi connectivity index (χ2n) is 6.41. The van der Waals surface area contributed by atoms with E-state index >= 15 is 0 Å². The normalized spacial score (nSPS) is 11.4. The zero-order chi connectivity index (χ0) is 17.5. The van der Waals surface area contributed by atoms with Gasteiger partial charge in [-0.05, 0) is 64.3 Å². The summed E-state index contributed by atoms with van der Waals surface area (Å²) in [6, 6.07) is 4.22. The molecule has 0 saturated carbocycles. The van der Waals surface area contributed by atoms with E-state index in [1.165, 1.54) is 0 Å². The van der Waals surface area contributed by atoms with E-state index in [-0.39, 0.29) is 5.91 Å². The maximum atomic E-state index is 12.5. The molecule has 1 amide bonds. The molecular weight excluding hydrogens is 286 g/mol. The molecule has 0 aliphatic heterocycles. The van der Waals surface area contributed by atoms with E-state index in [9.17, 15) is 4.79 Å². The summed E-state index contributed by atoms with van der Waals surface area (Å²) in [5, 5.41) is 6.54. The molecule has 2 N–H and O–H groups in total. The van der Waals surface area contributed by atoms with E-state index < -0.39 is 0 Å². The van der Waals surface area contributed by atoms with Crippen LogP contribution in [0.5, 0.6) is 0 Å². The SMILES string of the molecule is CCCNc1cc(C)c(NC(=O)C[N+](CC)(CC)CC)c(C)c1. The minimum absolute atomic E-state index is 0.107. The number of hydrogen-bond donors (Lipinski definition) is 2. The number of nitrogens with one attached hydrogen (secondary N) is 2. The fourth-order valence-electron chi connectivity index (χ4n) is 3.02. The number of hydrogen-bond acceptors (Lipinski definition) is 2. The van der Waals surface area contributed by atoms with E-state index in [0.29, 0.717) is 6.54 Å². The van der Waals surface area contributed by atoms with Crippen LogP contribution in [0.25, 0.3) is 0 Å². The summed E-state index contributed by atoms with van der Waals surface area (Å²) in [7, 11) is 0. The molecule has 1 aromatic rings. The Bertz CT molecular complexity index is 490. The second kappa shape index (κ2) is 8.92. The molecule has 4 heteroatoms. The molecule has 0 spiro atoms. The lowest BCUT2D eigenvalue weighted by atomic mass is 10.1. The van der Waals surface area contributed by atoms with Gasteiger partial charge in [-0.15, -0.1) is 0 Å². The first-order valence-electron chi connectivity index (χ1n) is 8.91. The highest BCUT2D eigenvalue weighted by molar-refractivity contribution is 5.93. The Morgan fingerprint density at radius 2 is 1.52 bits per heavy atom. The summed E-state index contributed by atoms with van der Waals surface area (Å²) in [6.07, 6.45) is 1.10. The van der Waals surface area contributed by atoms with Crippen LogP contribution in [0.15, 0.2) is 12.1 Å². The van der Waals surface area contributed by atoms with Gasteiger partial charge in [0.05, 0.1) is 19.6 Å². The van der Waals surface area contributed by atoms with E-state index in [0.717, 1.165) is 59.6 Å². The molecule has 0 fully saturated rings. The average molecular weight is 321 g/mol. The monoisotopic (exact) mass is 320 g/mol. The molecule has 1 aromatic carbocycles. The molecule has 0 radical (unpaired) electrons. The fraction of sp³-hybridized carbons (Fsp3) is 0.632. The topological polar surface area (TPSA) is 41.1 Å². The highest BCUT2D eigenvalue weighted by atomic mass is 16.2. The summed E-state index contributed by atoms with van der Waals surface area (Å²) in [4.78, 5) is 12.5. The summed E-state index contributed by atoms with van der Waals surface area (Å²) in [5.41, 5.74) is 4.30. The van der Waals surface area contributed by atoms with Crippen LogP contribution in [0.3, 0.4) is 0 Å². The maximum absolute atomic E-state index is 12.5. The van der Waals surface area contributed by atoms with Gasteiger partial charge in [-0.2, -0.15) is 0 Å². The van der Waals surface area contributed by atoms with Gasteiger partial charge in [0, 0.05) is 17.9 Å². The molecule has 0 heterocycles. The number of anilines is 2. The zero-order valence-corrected chi connectivity index (χ0v) is 15.8.